The molecule has 16 heavy (non-hydrogen) atoms. The molecule has 1 heterocycles. The van der Waals surface area contributed by atoms with E-state index in [-0.39, 0.29) is 5.54 Å². The molecule has 0 radical (unpaired) electrons. The maximum atomic E-state index is 5.42. The second kappa shape index (κ2) is 3.31. The molecule has 0 aromatic carbocycles. The van der Waals surface area contributed by atoms with E-state index in [4.69, 9.17) is 5.84 Å². The van der Waals surface area contributed by atoms with Gasteiger partial charge >= 0.3 is 0 Å². The van der Waals surface area contributed by atoms with Gasteiger partial charge in [0.15, 0.2) is 0 Å². The summed E-state index contributed by atoms with van der Waals surface area (Å²) in [6.07, 6.45) is 4.82. The summed E-state index contributed by atoms with van der Waals surface area (Å²) in [4.78, 5) is 8.93. The molecule has 0 saturated heterocycles. The summed E-state index contributed by atoms with van der Waals surface area (Å²) in [5, 5.41) is 3.44. The second-order valence-corrected chi connectivity index (χ2v) is 5.10. The first-order chi connectivity index (χ1) is 7.68. The number of nitrogens with zero attached hydrogens (tertiary/aromatic N) is 2. The molecule has 4 N–H and O–H groups in total. The zero-order valence-electron chi connectivity index (χ0n) is 9.45. The van der Waals surface area contributed by atoms with Crippen molar-refractivity contribution in [2.24, 2.45) is 5.84 Å². The quantitative estimate of drug-likeness (QED) is 0.530. The molecule has 3 rings (SSSR count). The van der Waals surface area contributed by atoms with Crippen LogP contribution in [0.25, 0.3) is 0 Å². The van der Waals surface area contributed by atoms with E-state index in [2.05, 4.69) is 27.6 Å². The Bertz CT molecular complexity index is 409. The molecule has 2 fully saturated rings. The van der Waals surface area contributed by atoms with Crippen molar-refractivity contribution in [2.45, 2.75) is 44.1 Å². The molecule has 0 aliphatic heterocycles. The molecule has 0 bridgehead atoms. The molecular formula is C11H17N5. The van der Waals surface area contributed by atoms with E-state index in [1.807, 2.05) is 6.07 Å². The summed E-state index contributed by atoms with van der Waals surface area (Å²) in [5.41, 5.74) is 2.84. The normalized spacial score (nSPS) is 21.6. The number of nitrogens with two attached hydrogens (primary N) is 1. The highest BCUT2D eigenvalue weighted by Crippen LogP contribution is 2.41. The topological polar surface area (TPSA) is 75.9 Å². The van der Waals surface area contributed by atoms with Crippen molar-refractivity contribution < 1.29 is 0 Å². The molecule has 0 spiro atoms. The number of rotatable bonds is 4. The molecule has 5 nitrogen and oxygen atoms in total. The van der Waals surface area contributed by atoms with Crippen molar-refractivity contribution >= 4 is 11.6 Å². The predicted molar refractivity (Wildman–Crippen MR) is 63.1 cm³/mol. The van der Waals surface area contributed by atoms with Gasteiger partial charge in [0.1, 0.15) is 17.5 Å². The highest BCUT2D eigenvalue weighted by Gasteiger charge is 2.38. The number of hydrogen-bond acceptors (Lipinski definition) is 5. The van der Waals surface area contributed by atoms with E-state index in [1.54, 1.807) is 0 Å². The van der Waals surface area contributed by atoms with Crippen LogP contribution in [0.5, 0.6) is 0 Å². The standard InChI is InChI=1S/C11H17N5/c1-11(4-5-11)15-8-6-9(16-12)14-10(13-8)7-2-3-7/h6-7H,2-5,12H2,1H3,(H2,13,14,15,16). The van der Waals surface area contributed by atoms with E-state index >= 15 is 0 Å². The molecule has 2 aliphatic rings. The molecule has 1 aromatic heterocycles. The van der Waals surface area contributed by atoms with Gasteiger partial charge in [0, 0.05) is 17.5 Å². The summed E-state index contributed by atoms with van der Waals surface area (Å²) < 4.78 is 0. The minimum Gasteiger partial charge on any atom is -0.365 e. The highest BCUT2D eigenvalue weighted by molar-refractivity contribution is 5.49. The minimum absolute atomic E-state index is 0.237. The third kappa shape index (κ3) is 1.95. The lowest BCUT2D eigenvalue weighted by Crippen LogP contribution is -2.19. The monoisotopic (exact) mass is 219 g/mol. The van der Waals surface area contributed by atoms with E-state index in [0.29, 0.717) is 11.7 Å². The van der Waals surface area contributed by atoms with Crippen LogP contribution in [0.2, 0.25) is 0 Å². The van der Waals surface area contributed by atoms with Gasteiger partial charge in [0.25, 0.3) is 0 Å². The maximum absolute atomic E-state index is 5.42. The molecule has 1 aromatic rings. The van der Waals surface area contributed by atoms with E-state index in [0.717, 1.165) is 11.6 Å². The Labute approximate surface area is 94.8 Å². The van der Waals surface area contributed by atoms with Crippen LogP contribution in [0, 0.1) is 0 Å². The van der Waals surface area contributed by atoms with Crippen LogP contribution in [0.1, 0.15) is 44.3 Å². The van der Waals surface area contributed by atoms with Crippen molar-refractivity contribution in [3.63, 3.8) is 0 Å². The van der Waals surface area contributed by atoms with Crippen LogP contribution in [-0.2, 0) is 0 Å². The van der Waals surface area contributed by atoms with Crippen LogP contribution in [-0.4, -0.2) is 15.5 Å². The van der Waals surface area contributed by atoms with E-state index < -0.39 is 0 Å². The molecule has 2 saturated carbocycles. The third-order valence-electron chi connectivity index (χ3n) is 3.26. The Hall–Kier alpha value is -1.36. The van der Waals surface area contributed by atoms with Crippen LogP contribution in [0.4, 0.5) is 11.6 Å². The van der Waals surface area contributed by atoms with Crippen molar-refractivity contribution in [2.75, 3.05) is 10.7 Å². The third-order valence-corrected chi connectivity index (χ3v) is 3.26. The van der Waals surface area contributed by atoms with Crippen molar-refractivity contribution in [1.29, 1.82) is 0 Å². The van der Waals surface area contributed by atoms with Gasteiger partial charge in [0.05, 0.1) is 0 Å². The fraction of sp³-hybridized carbons (Fsp3) is 0.636. The van der Waals surface area contributed by atoms with Gasteiger partial charge in [0.2, 0.25) is 0 Å². The second-order valence-electron chi connectivity index (χ2n) is 5.10. The lowest BCUT2D eigenvalue weighted by Gasteiger charge is -2.14. The average molecular weight is 219 g/mol. The van der Waals surface area contributed by atoms with Crippen LogP contribution in [0.3, 0.4) is 0 Å². The van der Waals surface area contributed by atoms with Crippen molar-refractivity contribution in [3.05, 3.63) is 11.9 Å². The zero-order valence-corrected chi connectivity index (χ0v) is 9.45. The van der Waals surface area contributed by atoms with Gasteiger partial charge in [-0.15, -0.1) is 0 Å². The number of anilines is 2. The lowest BCUT2D eigenvalue weighted by molar-refractivity contribution is 0.810. The molecule has 5 heteroatoms. The average Bonchev–Trinajstić information content (AvgIpc) is 3.14. The van der Waals surface area contributed by atoms with Crippen LogP contribution < -0.4 is 16.6 Å². The number of nitrogens with one attached hydrogen (secondary N) is 2. The first-order valence-corrected chi connectivity index (χ1v) is 5.82. The first kappa shape index (κ1) is 9.84. The largest absolute Gasteiger partial charge is 0.365 e. The Balaban J connectivity index is 1.87. The van der Waals surface area contributed by atoms with Gasteiger partial charge in [-0.25, -0.2) is 15.8 Å². The van der Waals surface area contributed by atoms with Gasteiger partial charge in [-0.05, 0) is 32.6 Å². The molecule has 0 unspecified atom stereocenters. The van der Waals surface area contributed by atoms with Gasteiger partial charge in [-0.2, -0.15) is 0 Å². The smallest absolute Gasteiger partial charge is 0.145 e. The first-order valence-electron chi connectivity index (χ1n) is 5.82. The van der Waals surface area contributed by atoms with Crippen LogP contribution >= 0.6 is 0 Å². The molecule has 0 atom stereocenters. The molecule has 2 aliphatic carbocycles. The maximum Gasteiger partial charge on any atom is 0.145 e. The van der Waals surface area contributed by atoms with Crippen molar-refractivity contribution in [3.8, 4) is 0 Å². The van der Waals surface area contributed by atoms with E-state index in [9.17, 15) is 0 Å². The fourth-order valence-corrected chi connectivity index (χ4v) is 1.75. The lowest BCUT2D eigenvalue weighted by atomic mass is 10.3. The Morgan fingerprint density at radius 1 is 1.31 bits per heavy atom. The summed E-state index contributed by atoms with van der Waals surface area (Å²) >= 11 is 0. The Morgan fingerprint density at radius 2 is 2.00 bits per heavy atom. The number of nitrogen functional groups attached to an aromatic ring is 1. The summed E-state index contributed by atoms with van der Waals surface area (Å²) in [5.74, 6) is 8.47. The molecule has 0 amide bonds. The van der Waals surface area contributed by atoms with Crippen LogP contribution in [0.15, 0.2) is 6.07 Å². The molecular weight excluding hydrogens is 202 g/mol. The number of aromatic nitrogens is 2. The summed E-state index contributed by atoms with van der Waals surface area (Å²) in [6.45, 7) is 2.21. The summed E-state index contributed by atoms with van der Waals surface area (Å²) in [6, 6.07) is 1.87. The Kier molecular flexibility index (Phi) is 2.04. The predicted octanol–water partition coefficient (Wildman–Crippen LogP) is 1.60. The minimum atomic E-state index is 0.237. The summed E-state index contributed by atoms with van der Waals surface area (Å²) in [7, 11) is 0. The van der Waals surface area contributed by atoms with E-state index in [1.165, 1.54) is 25.7 Å². The zero-order chi connectivity index (χ0) is 11.2. The van der Waals surface area contributed by atoms with Gasteiger partial charge in [-0.3, -0.25) is 0 Å². The molecule has 86 valence electrons. The number of hydrogen-bond donors (Lipinski definition) is 3. The highest BCUT2D eigenvalue weighted by atomic mass is 15.3. The number of hydrazine groups is 1. The van der Waals surface area contributed by atoms with Crippen molar-refractivity contribution in [1.82, 2.24) is 9.97 Å². The Morgan fingerprint density at radius 3 is 2.56 bits per heavy atom. The fourth-order valence-electron chi connectivity index (χ4n) is 1.75. The van der Waals surface area contributed by atoms with Gasteiger partial charge < -0.3 is 10.7 Å². The van der Waals surface area contributed by atoms with Gasteiger partial charge in [-0.1, -0.05) is 0 Å². The SMILES string of the molecule is CC1(Nc2cc(NN)nc(C3CC3)n2)CC1.